The van der Waals surface area contributed by atoms with Gasteiger partial charge in [0.15, 0.2) is 11.7 Å². The zero-order valence-electron chi connectivity index (χ0n) is 19.1. The maximum atomic E-state index is 12.4. The summed E-state index contributed by atoms with van der Waals surface area (Å²) in [5, 5.41) is 14.9. The number of aliphatic hydroxyl groups excluding tert-OH is 1. The topological polar surface area (TPSA) is 110 Å². The van der Waals surface area contributed by atoms with Crippen molar-refractivity contribution in [3.63, 3.8) is 0 Å². The molecule has 2 heterocycles. The molecule has 186 valence electrons. The lowest BCUT2D eigenvalue weighted by molar-refractivity contribution is 0.0797. The van der Waals surface area contributed by atoms with Gasteiger partial charge < -0.3 is 24.9 Å². The van der Waals surface area contributed by atoms with E-state index >= 15 is 0 Å². The molecule has 0 aliphatic rings. The highest BCUT2D eigenvalue weighted by atomic mass is 35.5. The van der Waals surface area contributed by atoms with Crippen LogP contribution in [0.2, 0.25) is 5.02 Å². The Labute approximate surface area is 216 Å². The van der Waals surface area contributed by atoms with Crippen LogP contribution in [0.25, 0.3) is 11.3 Å². The van der Waals surface area contributed by atoms with Crippen LogP contribution in [0.3, 0.4) is 0 Å². The van der Waals surface area contributed by atoms with Crippen LogP contribution < -0.4 is 10.6 Å². The van der Waals surface area contributed by atoms with Crippen molar-refractivity contribution in [2.75, 3.05) is 18.5 Å². The molecule has 0 aliphatic heterocycles. The third-order valence-electron chi connectivity index (χ3n) is 4.41. The molecule has 34 heavy (non-hydrogen) atoms. The highest BCUT2D eigenvalue weighted by molar-refractivity contribution is 6.30. The molecule has 0 atom stereocenters. The average Bonchev–Trinajstić information content (AvgIpc) is 3.19. The SMILES string of the molecule is CC(C)(C)c1nc(-c2cccc(Cl)c2)c(CNC(=O)Nc2ccc(COCCO)nc2)o1.Cl.Cl. The molecule has 2 aromatic heterocycles. The van der Waals surface area contributed by atoms with E-state index in [-0.39, 0.29) is 50.0 Å². The third kappa shape index (κ3) is 8.45. The Bertz CT molecular complexity index is 1050. The second-order valence-electron chi connectivity index (χ2n) is 8.17. The molecule has 3 rings (SSSR count). The highest BCUT2D eigenvalue weighted by Crippen LogP contribution is 2.31. The molecule has 8 nitrogen and oxygen atoms in total. The third-order valence-corrected chi connectivity index (χ3v) is 4.65. The molecule has 2 amide bonds. The minimum absolute atomic E-state index is 0. The van der Waals surface area contributed by atoms with Crippen LogP contribution in [0.5, 0.6) is 0 Å². The summed E-state index contributed by atoms with van der Waals surface area (Å²) in [5.74, 6) is 1.12. The number of oxazole rings is 1. The fraction of sp³-hybridized carbons (Fsp3) is 0.348. The molecular formula is C23H29Cl3N4O4. The van der Waals surface area contributed by atoms with Gasteiger partial charge >= 0.3 is 6.03 Å². The number of rotatable bonds is 8. The van der Waals surface area contributed by atoms with Gasteiger partial charge in [-0.15, -0.1) is 24.8 Å². The smallest absolute Gasteiger partial charge is 0.319 e. The highest BCUT2D eigenvalue weighted by Gasteiger charge is 2.24. The number of amides is 2. The Morgan fingerprint density at radius 2 is 1.97 bits per heavy atom. The average molecular weight is 532 g/mol. The quantitative estimate of drug-likeness (QED) is 0.338. The first-order valence-corrected chi connectivity index (χ1v) is 10.6. The van der Waals surface area contributed by atoms with Crippen LogP contribution in [0, 0.1) is 0 Å². The van der Waals surface area contributed by atoms with Gasteiger partial charge in [-0.1, -0.05) is 44.5 Å². The predicted octanol–water partition coefficient (Wildman–Crippen LogP) is 5.36. The van der Waals surface area contributed by atoms with Gasteiger partial charge in [-0.05, 0) is 24.3 Å². The van der Waals surface area contributed by atoms with E-state index in [4.69, 9.17) is 25.9 Å². The minimum Gasteiger partial charge on any atom is -0.443 e. The van der Waals surface area contributed by atoms with Gasteiger partial charge in [-0.3, -0.25) is 4.98 Å². The lowest BCUT2D eigenvalue weighted by Gasteiger charge is -2.12. The van der Waals surface area contributed by atoms with Gasteiger partial charge in [0.1, 0.15) is 5.69 Å². The fourth-order valence-corrected chi connectivity index (χ4v) is 3.00. The molecule has 1 aromatic carbocycles. The number of carbonyl (C=O) groups excluding carboxylic acids is 1. The molecule has 0 bridgehead atoms. The van der Waals surface area contributed by atoms with Crippen molar-refractivity contribution in [2.45, 2.75) is 39.3 Å². The summed E-state index contributed by atoms with van der Waals surface area (Å²) in [6, 6.07) is 10.4. The standard InChI is InChI=1S/C23H27ClN4O4.2ClH/c1-23(2,3)21-28-20(15-5-4-6-16(24)11-15)19(32-21)13-26-22(30)27-17-7-8-18(25-12-17)14-31-10-9-29;;/h4-8,11-12,29H,9-10,13-14H2,1-3H3,(H2,26,27,30);2*1H. The van der Waals surface area contributed by atoms with E-state index in [0.29, 0.717) is 40.4 Å². The van der Waals surface area contributed by atoms with E-state index in [1.165, 1.54) is 0 Å². The van der Waals surface area contributed by atoms with Crippen LogP contribution in [0.1, 0.15) is 38.1 Å². The van der Waals surface area contributed by atoms with Crippen molar-refractivity contribution in [3.8, 4) is 11.3 Å². The van der Waals surface area contributed by atoms with Crippen molar-refractivity contribution < 1.29 is 19.1 Å². The van der Waals surface area contributed by atoms with E-state index in [2.05, 4.69) is 20.6 Å². The maximum Gasteiger partial charge on any atom is 0.319 e. The van der Waals surface area contributed by atoms with E-state index in [9.17, 15) is 4.79 Å². The number of nitrogens with zero attached hydrogens (tertiary/aromatic N) is 2. The Morgan fingerprint density at radius 3 is 2.59 bits per heavy atom. The number of hydrogen-bond acceptors (Lipinski definition) is 6. The fourth-order valence-electron chi connectivity index (χ4n) is 2.81. The molecule has 3 aromatic rings. The maximum absolute atomic E-state index is 12.4. The molecule has 11 heteroatoms. The Morgan fingerprint density at radius 1 is 1.21 bits per heavy atom. The van der Waals surface area contributed by atoms with Gasteiger partial charge in [0.2, 0.25) is 0 Å². The predicted molar refractivity (Wildman–Crippen MR) is 137 cm³/mol. The summed E-state index contributed by atoms with van der Waals surface area (Å²) in [7, 11) is 0. The number of carbonyl (C=O) groups is 1. The van der Waals surface area contributed by atoms with Gasteiger partial charge in [0.25, 0.3) is 0 Å². The second-order valence-corrected chi connectivity index (χ2v) is 8.61. The van der Waals surface area contributed by atoms with Crippen molar-refractivity contribution >= 4 is 48.1 Å². The van der Waals surface area contributed by atoms with Crippen LogP contribution in [0.4, 0.5) is 10.5 Å². The van der Waals surface area contributed by atoms with Crippen molar-refractivity contribution in [2.24, 2.45) is 0 Å². The molecule has 3 N–H and O–H groups in total. The van der Waals surface area contributed by atoms with Crippen LogP contribution in [0.15, 0.2) is 47.0 Å². The molecule has 0 spiro atoms. The number of nitrogens with one attached hydrogen (secondary N) is 2. The second kappa shape index (κ2) is 13.5. The summed E-state index contributed by atoms with van der Waals surface area (Å²) in [4.78, 5) is 21.3. The summed E-state index contributed by atoms with van der Waals surface area (Å²) in [6.07, 6.45) is 1.54. The number of anilines is 1. The first-order chi connectivity index (χ1) is 15.3. The first kappa shape index (κ1) is 29.7. The number of ether oxygens (including phenoxy) is 1. The zero-order valence-corrected chi connectivity index (χ0v) is 21.5. The molecule has 0 fully saturated rings. The van der Waals surface area contributed by atoms with E-state index in [1.54, 1.807) is 24.4 Å². The van der Waals surface area contributed by atoms with Crippen molar-refractivity contribution in [3.05, 3.63) is 65.0 Å². The van der Waals surface area contributed by atoms with Crippen LogP contribution in [-0.4, -0.2) is 34.3 Å². The lowest BCUT2D eigenvalue weighted by Crippen LogP contribution is -2.28. The number of pyridine rings is 1. The summed E-state index contributed by atoms with van der Waals surface area (Å²) < 4.78 is 11.2. The van der Waals surface area contributed by atoms with Crippen molar-refractivity contribution in [1.29, 1.82) is 0 Å². The number of aromatic nitrogens is 2. The van der Waals surface area contributed by atoms with Crippen LogP contribution >= 0.6 is 36.4 Å². The zero-order chi connectivity index (χ0) is 23.1. The molecule has 0 unspecified atom stereocenters. The largest absolute Gasteiger partial charge is 0.443 e. The Kier molecular flexibility index (Phi) is 11.8. The number of aliphatic hydroxyl groups is 1. The van der Waals surface area contributed by atoms with Crippen molar-refractivity contribution in [1.82, 2.24) is 15.3 Å². The van der Waals surface area contributed by atoms with E-state index < -0.39 is 6.03 Å². The number of benzene rings is 1. The normalized spacial score (nSPS) is 10.7. The van der Waals surface area contributed by atoms with Gasteiger partial charge in [-0.25, -0.2) is 9.78 Å². The number of halogens is 3. The molecule has 0 saturated heterocycles. The summed E-state index contributed by atoms with van der Waals surface area (Å²) in [5.41, 5.74) is 2.41. The van der Waals surface area contributed by atoms with E-state index in [1.807, 2.05) is 39.0 Å². The minimum atomic E-state index is -0.401. The Balaban J connectivity index is 0.00000289. The molecule has 0 saturated carbocycles. The monoisotopic (exact) mass is 530 g/mol. The number of hydrogen-bond donors (Lipinski definition) is 3. The van der Waals surface area contributed by atoms with E-state index in [0.717, 1.165) is 5.56 Å². The van der Waals surface area contributed by atoms with Gasteiger partial charge in [0.05, 0.1) is 43.9 Å². The van der Waals surface area contributed by atoms with Gasteiger partial charge in [0, 0.05) is 16.0 Å². The van der Waals surface area contributed by atoms with Gasteiger partial charge in [-0.2, -0.15) is 0 Å². The molecule has 0 radical (unpaired) electrons. The summed E-state index contributed by atoms with van der Waals surface area (Å²) >= 11 is 6.15. The summed E-state index contributed by atoms with van der Waals surface area (Å²) in [6.45, 7) is 6.68. The Hall–Kier alpha value is -2.36. The van der Waals surface area contributed by atoms with Crippen LogP contribution in [-0.2, 0) is 23.3 Å². The first-order valence-electron chi connectivity index (χ1n) is 10.2. The molecule has 0 aliphatic carbocycles. The molecular weight excluding hydrogens is 503 g/mol. The lowest BCUT2D eigenvalue weighted by atomic mass is 9.97. The number of urea groups is 1.